The molecule has 642 valence electrons. The molecule has 37 nitrogen and oxygen atoms in total. The molecule has 0 aromatic rings. The van der Waals surface area contributed by atoms with Crippen molar-refractivity contribution in [3.05, 3.63) is 49.6 Å². The summed E-state index contributed by atoms with van der Waals surface area (Å²) < 4.78 is 0. The minimum absolute atomic E-state index is 0.0125. The van der Waals surface area contributed by atoms with Crippen LogP contribution < -0.4 is 119 Å². The molecule has 0 aliphatic rings. The molecule has 0 aromatic heterocycles. The van der Waals surface area contributed by atoms with Gasteiger partial charge in [-0.15, -0.1) is 0 Å². The molecule has 0 spiro atoms. The van der Waals surface area contributed by atoms with Crippen molar-refractivity contribution in [3.8, 4) is 0 Å². The largest absolute Gasteiger partial charge is 0.386 e. The number of amides is 14. The zero-order valence-electron chi connectivity index (χ0n) is 67.9. The van der Waals surface area contributed by atoms with Crippen LogP contribution in [0.1, 0.15) is 191 Å². The van der Waals surface area contributed by atoms with Crippen LogP contribution >= 0.6 is 24.4 Å². The van der Waals surface area contributed by atoms with E-state index >= 15 is 0 Å². The van der Waals surface area contributed by atoms with Gasteiger partial charge in [-0.2, -0.15) is 24.4 Å². The van der Waals surface area contributed by atoms with Crippen LogP contribution in [0, 0.1) is 5.92 Å². The number of carbonyl (C=O) groups excluding carboxylic acids is 15. The first-order valence-electron chi connectivity index (χ1n) is 38.9. The lowest BCUT2D eigenvalue weighted by Crippen LogP contribution is -2.60. The van der Waals surface area contributed by atoms with Gasteiger partial charge in [0.2, 0.25) is 82.7 Å². The van der Waals surface area contributed by atoms with Crippen LogP contribution in [0.4, 0.5) is 0 Å². The number of Topliss-reactive ketones (excluding diaryl/α,β-unsaturated/α-hetero) is 1. The molecule has 0 bridgehead atoms. The number of thiol groups is 1. The molecule has 39 heteroatoms. The Kier molecular flexibility index (Phi) is 54.0. The number of unbranched alkanes of at least 4 members (excludes halogenated alkanes) is 3. The fourth-order valence-electron chi connectivity index (χ4n) is 11.1. The van der Waals surface area contributed by atoms with E-state index in [1.165, 1.54) is 32.5 Å². The highest BCUT2D eigenvalue weighted by Crippen LogP contribution is 2.13. The van der Waals surface area contributed by atoms with Gasteiger partial charge in [0.15, 0.2) is 5.78 Å². The summed E-state index contributed by atoms with van der Waals surface area (Å²) in [5, 5.41) is 48.6. The number of nitrogens with two attached hydrogens (primary N) is 4. The average molecular weight is 1640 g/mol. The lowest BCUT2D eigenvalue weighted by molar-refractivity contribution is -0.136. The lowest BCUT2D eigenvalue weighted by Gasteiger charge is -2.28. The summed E-state index contributed by atoms with van der Waals surface area (Å²) in [4.78, 5) is 206. The molecule has 0 rings (SSSR count). The second-order valence-electron chi connectivity index (χ2n) is 28.1. The third kappa shape index (κ3) is 46.8. The molecule has 0 saturated carbocycles. The van der Waals surface area contributed by atoms with E-state index in [9.17, 15) is 71.9 Å². The quantitative estimate of drug-likeness (QED) is 0.0222. The predicted molar refractivity (Wildman–Crippen MR) is 439 cm³/mol. The van der Waals surface area contributed by atoms with Gasteiger partial charge in [0, 0.05) is 44.6 Å². The zero-order valence-corrected chi connectivity index (χ0v) is 69.6. The van der Waals surface area contributed by atoms with E-state index < -0.39 is 168 Å². The Balaban J connectivity index is 7.10. The molecule has 26 N–H and O–H groups in total. The van der Waals surface area contributed by atoms with Gasteiger partial charge in [0.1, 0.15) is 66.5 Å². The molecule has 113 heavy (non-hydrogen) atoms. The minimum atomic E-state index is -1.38. The highest BCUT2D eigenvalue weighted by atomic mass is 32.2. The first-order valence-corrected chi connectivity index (χ1v) is 40.9. The van der Waals surface area contributed by atoms with Crippen molar-refractivity contribution in [2.75, 3.05) is 57.0 Å². The number of ketones is 1. The van der Waals surface area contributed by atoms with Gasteiger partial charge in [0.05, 0.1) is 42.4 Å². The van der Waals surface area contributed by atoms with E-state index in [4.69, 9.17) is 22.9 Å². The van der Waals surface area contributed by atoms with Crippen LogP contribution in [0.2, 0.25) is 0 Å². The van der Waals surface area contributed by atoms with Gasteiger partial charge in [-0.25, -0.2) is 0 Å². The van der Waals surface area contributed by atoms with Crippen LogP contribution in [0.15, 0.2) is 49.6 Å². The van der Waals surface area contributed by atoms with Crippen molar-refractivity contribution < 1.29 is 71.9 Å². The molecular weight excluding hydrogens is 1500 g/mol. The molecule has 0 heterocycles. The van der Waals surface area contributed by atoms with E-state index in [0.29, 0.717) is 51.4 Å². The van der Waals surface area contributed by atoms with E-state index in [1.54, 1.807) is 13.2 Å². The van der Waals surface area contributed by atoms with Crippen molar-refractivity contribution in [2.45, 2.75) is 263 Å². The number of nitrogens with one attached hydrogen (secondary N) is 18. The zero-order chi connectivity index (χ0) is 85.7. The Hall–Kier alpha value is -9.69. The first-order chi connectivity index (χ1) is 53.4. The number of thioether (sulfide) groups is 1. The van der Waals surface area contributed by atoms with Crippen LogP contribution in [-0.4, -0.2) is 218 Å². The molecule has 0 saturated heterocycles. The second-order valence-corrected chi connectivity index (χ2v) is 29.4. The average Bonchev–Trinajstić information content (AvgIpc) is 0.869. The van der Waals surface area contributed by atoms with Gasteiger partial charge in [0.25, 0.3) is 0 Å². The maximum absolute atomic E-state index is 14.8. The van der Waals surface area contributed by atoms with Crippen LogP contribution in [0.3, 0.4) is 0 Å². The normalized spacial score (nSPS) is 14.1. The molecule has 14 amide bonds. The van der Waals surface area contributed by atoms with Gasteiger partial charge >= 0.3 is 0 Å². The van der Waals surface area contributed by atoms with Gasteiger partial charge in [-0.05, 0) is 109 Å². The first kappa shape index (κ1) is 103. The molecule has 0 aliphatic heterocycles. The van der Waals surface area contributed by atoms with E-state index in [0.717, 1.165) is 0 Å². The Morgan fingerprint density at radius 3 is 0.867 bits per heavy atom. The lowest BCUT2D eigenvalue weighted by atomic mass is 10.0. The predicted octanol–water partition coefficient (Wildman–Crippen LogP) is -2.43. The highest BCUT2D eigenvalue weighted by Gasteiger charge is 2.36. The molecule has 12 atom stereocenters. The van der Waals surface area contributed by atoms with Crippen molar-refractivity contribution in [1.29, 1.82) is 0 Å². The summed E-state index contributed by atoms with van der Waals surface area (Å²) in [6.07, 6.45) is 6.57. The Labute approximate surface area is 676 Å². The van der Waals surface area contributed by atoms with E-state index in [-0.39, 0.29) is 150 Å². The standard InChI is InChI=1S/C74H134N22O15S2/c1-15-19-27-53(90-67(104)52(30-22-34-79-46(9)75)87-62(99)39-83-64(101)44(7)85-74(111)61(42-113-14)88-63(100)40-84-65(102)59(38-43(5)6)86-50(13)98)68(105)95-58(33-25-37-82-49(12)78)72(109)91-54(28-20-16-2)69(106)94-56(31-23-35-80-47(10)76)70(107)89-51(26-18-4)66(103)93-57(32-24-36-81-48(11)77)71(108)92-55(29-21-17-3)73(110)96-60(41-112)45(8)97/h43-44,51-61,79-82,112H,9-12,15-42,75-78H2,1-8,13-14H3,(H,83,101)(H,84,102)(H,85,111)(H,86,98)(H,87,99)(H,88,100)(H,89,107)(H,90,104)(H,91,109)(H,92,108)(H,93,103)(H,94,106)(H,95,105)(H,96,110)/t44-,51+,52+,53+,54+,55+,56+,57+,58+,59-,60+,61-/m0/s1. The third-order valence-electron chi connectivity index (χ3n) is 17.3. The maximum atomic E-state index is 14.8. The van der Waals surface area contributed by atoms with Gasteiger partial charge < -0.3 is 119 Å². The summed E-state index contributed by atoms with van der Waals surface area (Å²) >= 11 is 5.41. The summed E-state index contributed by atoms with van der Waals surface area (Å²) in [6.45, 7) is 29.2. The Morgan fingerprint density at radius 2 is 0.602 bits per heavy atom. The van der Waals surface area contributed by atoms with E-state index in [1.807, 2.05) is 34.6 Å². The summed E-state index contributed by atoms with van der Waals surface area (Å²) in [5.74, 6) is -9.99. The fraction of sp³-hybridized carbons (Fsp3) is 0.689. The summed E-state index contributed by atoms with van der Waals surface area (Å²) in [7, 11) is 0. The Morgan fingerprint density at radius 1 is 0.327 bits per heavy atom. The number of hydrogen-bond donors (Lipinski definition) is 23. The number of rotatable bonds is 64. The molecule has 0 fully saturated rings. The third-order valence-corrected chi connectivity index (χ3v) is 18.3. The minimum Gasteiger partial charge on any atom is -0.386 e. The number of carbonyl (C=O) groups is 15. The van der Waals surface area contributed by atoms with Gasteiger partial charge in [-0.3, -0.25) is 71.9 Å². The molecule has 0 radical (unpaired) electrons. The summed E-state index contributed by atoms with van der Waals surface area (Å²) in [5.41, 5.74) is 23.0. The van der Waals surface area contributed by atoms with Crippen molar-refractivity contribution in [3.63, 3.8) is 0 Å². The topological polar surface area (TPSA) is 577 Å². The monoisotopic (exact) mass is 1630 g/mol. The second kappa shape index (κ2) is 59.1. The molecule has 0 aliphatic carbocycles. The van der Waals surface area contributed by atoms with E-state index in [2.05, 4.69) is 135 Å². The van der Waals surface area contributed by atoms with Gasteiger partial charge in [-0.1, -0.05) is 113 Å². The van der Waals surface area contributed by atoms with Crippen molar-refractivity contribution in [1.82, 2.24) is 95.7 Å². The maximum Gasteiger partial charge on any atom is 0.244 e. The van der Waals surface area contributed by atoms with Crippen LogP contribution in [0.25, 0.3) is 0 Å². The molecular formula is C74H134N22O15S2. The van der Waals surface area contributed by atoms with Crippen LogP contribution in [0.5, 0.6) is 0 Å². The fourth-order valence-corrected chi connectivity index (χ4v) is 12.0. The number of hydrogen-bond acceptors (Lipinski definition) is 25. The molecule has 0 aromatic carbocycles. The van der Waals surface area contributed by atoms with Crippen molar-refractivity contribution in [2.24, 2.45) is 28.9 Å². The van der Waals surface area contributed by atoms with Crippen LogP contribution in [-0.2, 0) is 71.9 Å². The Bertz CT molecular complexity index is 3130. The SMILES string of the molecule is C=C(N)NCCC[C@@H](NC(=O)CNC(=O)[C@H](C)NC(=O)[C@H](CSC)NC(=O)CNC(=O)[C@H](CC(C)C)NC(C)=O)C(=O)N[C@H](CCCC)C(=O)N[C@H](CCCNC(=C)N)C(=O)N[C@H](CCCC)C(=O)N[C@H](CCCNC(=C)N)C(=O)N[C@H](CCC)C(=O)N[C@H](CCCNC(=C)N)C(=O)N[C@H](CCCC)C(=O)N[C@H](CS)C(C)=O. The summed E-state index contributed by atoms with van der Waals surface area (Å²) in [6, 6.07) is -14.6. The smallest absolute Gasteiger partial charge is 0.244 e. The van der Waals surface area contributed by atoms with Crippen molar-refractivity contribution >= 4 is 113 Å². The highest BCUT2D eigenvalue weighted by molar-refractivity contribution is 7.98. The molecule has 0 unspecified atom stereocenters.